The molecule has 1 aromatic rings. The van der Waals surface area contributed by atoms with Gasteiger partial charge < -0.3 is 9.64 Å². The van der Waals surface area contributed by atoms with E-state index < -0.39 is 0 Å². The first-order valence-electron chi connectivity index (χ1n) is 6.05. The Bertz CT molecular complexity index is 405. The van der Waals surface area contributed by atoms with Crippen LogP contribution in [0.1, 0.15) is 19.3 Å². The van der Waals surface area contributed by atoms with Crippen molar-refractivity contribution < 1.29 is 9.53 Å². The summed E-state index contributed by atoms with van der Waals surface area (Å²) in [6.45, 7) is 1.47. The molecule has 0 spiro atoms. The second kappa shape index (κ2) is 4.31. The SMILES string of the molecule is O=C(C1CC1)N1CC[C@@H](Oc2ncccn2)C1. The van der Waals surface area contributed by atoms with Gasteiger partial charge in [0, 0.05) is 31.3 Å². The molecule has 0 bridgehead atoms. The first-order chi connectivity index (χ1) is 8.33. The zero-order valence-corrected chi connectivity index (χ0v) is 9.58. The summed E-state index contributed by atoms with van der Waals surface area (Å²) in [6, 6.07) is 2.16. The van der Waals surface area contributed by atoms with Crippen molar-refractivity contribution in [2.24, 2.45) is 5.92 Å². The van der Waals surface area contributed by atoms with Crippen molar-refractivity contribution in [2.45, 2.75) is 25.4 Å². The highest BCUT2D eigenvalue weighted by Gasteiger charge is 2.37. The van der Waals surface area contributed by atoms with Crippen molar-refractivity contribution in [2.75, 3.05) is 13.1 Å². The van der Waals surface area contributed by atoms with Gasteiger partial charge in [-0.3, -0.25) is 4.79 Å². The van der Waals surface area contributed by atoms with Gasteiger partial charge in [0.15, 0.2) is 0 Å². The number of rotatable bonds is 3. The fraction of sp³-hybridized carbons (Fsp3) is 0.583. The van der Waals surface area contributed by atoms with Crippen LogP contribution in [0.4, 0.5) is 0 Å². The monoisotopic (exact) mass is 233 g/mol. The average Bonchev–Trinajstić information content (AvgIpc) is 3.11. The van der Waals surface area contributed by atoms with Gasteiger partial charge in [-0.15, -0.1) is 0 Å². The molecule has 2 aliphatic rings. The second-order valence-electron chi connectivity index (χ2n) is 4.62. The van der Waals surface area contributed by atoms with Crippen LogP contribution in [0.5, 0.6) is 6.01 Å². The summed E-state index contributed by atoms with van der Waals surface area (Å²) >= 11 is 0. The van der Waals surface area contributed by atoms with E-state index in [9.17, 15) is 4.79 Å². The molecule has 0 unspecified atom stereocenters. The number of aromatic nitrogens is 2. The molecule has 2 heterocycles. The van der Waals surface area contributed by atoms with Crippen LogP contribution in [-0.4, -0.2) is 40.0 Å². The molecule has 2 fully saturated rings. The number of amides is 1. The molecule has 1 aliphatic heterocycles. The molecule has 3 rings (SSSR count). The third-order valence-electron chi connectivity index (χ3n) is 3.20. The Labute approximate surface area is 99.8 Å². The molecule has 1 atom stereocenters. The topological polar surface area (TPSA) is 55.3 Å². The summed E-state index contributed by atoms with van der Waals surface area (Å²) in [7, 11) is 0. The number of carbonyl (C=O) groups is 1. The third-order valence-corrected chi connectivity index (χ3v) is 3.20. The van der Waals surface area contributed by atoms with E-state index in [4.69, 9.17) is 4.74 Å². The van der Waals surface area contributed by atoms with Crippen molar-refractivity contribution in [1.29, 1.82) is 0 Å². The van der Waals surface area contributed by atoms with Crippen molar-refractivity contribution in [1.82, 2.24) is 14.9 Å². The molecule has 1 aromatic heterocycles. The highest BCUT2D eigenvalue weighted by molar-refractivity contribution is 5.81. The van der Waals surface area contributed by atoms with Crippen LogP contribution >= 0.6 is 0 Å². The van der Waals surface area contributed by atoms with Gasteiger partial charge in [-0.1, -0.05) is 0 Å². The Morgan fingerprint density at radius 3 is 2.76 bits per heavy atom. The number of nitrogens with zero attached hydrogens (tertiary/aromatic N) is 3. The van der Waals surface area contributed by atoms with Gasteiger partial charge in [0.1, 0.15) is 6.10 Å². The van der Waals surface area contributed by atoms with Crippen LogP contribution < -0.4 is 4.74 Å². The maximum Gasteiger partial charge on any atom is 0.316 e. The minimum atomic E-state index is 0.0418. The second-order valence-corrected chi connectivity index (χ2v) is 4.62. The molecular weight excluding hydrogens is 218 g/mol. The highest BCUT2D eigenvalue weighted by Crippen LogP contribution is 2.32. The number of ether oxygens (including phenoxy) is 1. The molecule has 5 nitrogen and oxygen atoms in total. The van der Waals surface area contributed by atoms with Gasteiger partial charge in [-0.2, -0.15) is 0 Å². The zero-order chi connectivity index (χ0) is 11.7. The molecular formula is C12H15N3O2. The van der Waals surface area contributed by atoms with E-state index in [0.717, 1.165) is 25.8 Å². The van der Waals surface area contributed by atoms with Crippen molar-refractivity contribution in [3.63, 3.8) is 0 Å². The van der Waals surface area contributed by atoms with Gasteiger partial charge >= 0.3 is 6.01 Å². The summed E-state index contributed by atoms with van der Waals surface area (Å²) in [5.41, 5.74) is 0. The predicted molar refractivity (Wildman–Crippen MR) is 60.4 cm³/mol. The van der Waals surface area contributed by atoms with E-state index in [1.165, 1.54) is 0 Å². The van der Waals surface area contributed by atoms with Gasteiger partial charge in [0.05, 0.1) is 6.54 Å². The van der Waals surface area contributed by atoms with Gasteiger partial charge in [0.2, 0.25) is 5.91 Å². The van der Waals surface area contributed by atoms with E-state index in [1.54, 1.807) is 18.5 Å². The van der Waals surface area contributed by atoms with Crippen LogP contribution in [0.3, 0.4) is 0 Å². The van der Waals surface area contributed by atoms with E-state index in [-0.39, 0.29) is 6.10 Å². The Morgan fingerprint density at radius 2 is 2.06 bits per heavy atom. The fourth-order valence-electron chi connectivity index (χ4n) is 2.11. The Hall–Kier alpha value is -1.65. The predicted octanol–water partition coefficient (Wildman–Crippen LogP) is 0.866. The molecule has 1 amide bonds. The molecule has 1 saturated carbocycles. The molecule has 5 heteroatoms. The first kappa shape index (κ1) is 10.5. The van der Waals surface area contributed by atoms with Crippen LogP contribution in [0.2, 0.25) is 0 Å². The summed E-state index contributed by atoms with van der Waals surface area (Å²) in [5, 5.41) is 0. The number of likely N-dealkylation sites (tertiary alicyclic amines) is 1. The smallest absolute Gasteiger partial charge is 0.316 e. The van der Waals surface area contributed by atoms with E-state index in [1.807, 2.05) is 4.90 Å². The highest BCUT2D eigenvalue weighted by atomic mass is 16.5. The van der Waals surface area contributed by atoms with Gasteiger partial charge in [-0.05, 0) is 18.9 Å². The van der Waals surface area contributed by atoms with Crippen LogP contribution in [0.15, 0.2) is 18.5 Å². The number of hydrogen-bond donors (Lipinski definition) is 0. The summed E-state index contributed by atoms with van der Waals surface area (Å²) in [6.07, 6.45) is 6.34. The third kappa shape index (κ3) is 2.38. The van der Waals surface area contributed by atoms with Crippen molar-refractivity contribution in [3.05, 3.63) is 18.5 Å². The maximum absolute atomic E-state index is 11.8. The van der Waals surface area contributed by atoms with E-state index in [0.29, 0.717) is 24.4 Å². The Morgan fingerprint density at radius 1 is 1.29 bits per heavy atom. The Kier molecular flexibility index (Phi) is 2.66. The van der Waals surface area contributed by atoms with Crippen LogP contribution in [-0.2, 0) is 4.79 Å². The largest absolute Gasteiger partial charge is 0.458 e. The van der Waals surface area contributed by atoms with Crippen molar-refractivity contribution in [3.8, 4) is 6.01 Å². The standard InChI is InChI=1S/C12H15N3O2/c16-11(9-2-3-9)15-7-4-10(8-15)17-12-13-5-1-6-14-12/h1,5-6,9-10H,2-4,7-8H2/t10-/m1/s1. The van der Waals surface area contributed by atoms with Gasteiger partial charge in [-0.25, -0.2) is 9.97 Å². The minimum Gasteiger partial charge on any atom is -0.458 e. The summed E-state index contributed by atoms with van der Waals surface area (Å²) in [4.78, 5) is 21.8. The maximum atomic E-state index is 11.8. The molecule has 1 saturated heterocycles. The summed E-state index contributed by atoms with van der Waals surface area (Å²) in [5.74, 6) is 0.590. The van der Waals surface area contributed by atoms with E-state index >= 15 is 0 Å². The fourth-order valence-corrected chi connectivity index (χ4v) is 2.11. The lowest BCUT2D eigenvalue weighted by atomic mass is 10.3. The molecule has 0 aromatic carbocycles. The van der Waals surface area contributed by atoms with Crippen molar-refractivity contribution >= 4 is 5.91 Å². The lowest BCUT2D eigenvalue weighted by molar-refractivity contribution is -0.131. The molecule has 1 aliphatic carbocycles. The number of hydrogen-bond acceptors (Lipinski definition) is 4. The van der Waals surface area contributed by atoms with Crippen LogP contribution in [0, 0.1) is 5.92 Å². The number of carbonyl (C=O) groups excluding carboxylic acids is 1. The zero-order valence-electron chi connectivity index (χ0n) is 9.58. The van der Waals surface area contributed by atoms with Gasteiger partial charge in [0.25, 0.3) is 0 Å². The lowest BCUT2D eigenvalue weighted by Gasteiger charge is -2.16. The molecule has 90 valence electrons. The first-order valence-corrected chi connectivity index (χ1v) is 6.05. The lowest BCUT2D eigenvalue weighted by Crippen LogP contribution is -2.32. The van der Waals surface area contributed by atoms with Crippen LogP contribution in [0.25, 0.3) is 0 Å². The Balaban J connectivity index is 1.55. The minimum absolute atomic E-state index is 0.0418. The average molecular weight is 233 g/mol. The molecule has 0 radical (unpaired) electrons. The quantitative estimate of drug-likeness (QED) is 0.777. The normalized spacial score (nSPS) is 23.8. The van der Waals surface area contributed by atoms with E-state index in [2.05, 4.69) is 9.97 Å². The molecule has 0 N–H and O–H groups in total. The summed E-state index contributed by atoms with van der Waals surface area (Å²) < 4.78 is 5.64. The molecule has 17 heavy (non-hydrogen) atoms.